The smallest absolute Gasteiger partial charge is 0.272 e. The van der Waals surface area contributed by atoms with Crippen LogP contribution in [0.25, 0.3) is 5.65 Å². The number of ether oxygens (including phenoxy) is 1. The molecule has 1 aromatic carbocycles. The highest BCUT2D eigenvalue weighted by molar-refractivity contribution is 7.09. The molecule has 1 N–H and O–H groups in total. The average molecular weight is 464 g/mol. The van der Waals surface area contributed by atoms with Gasteiger partial charge in [0.1, 0.15) is 11.9 Å². The minimum absolute atomic E-state index is 0.188. The molecular formula is C25H29N5O2S. The van der Waals surface area contributed by atoms with Crippen molar-refractivity contribution >= 4 is 22.9 Å². The van der Waals surface area contributed by atoms with Gasteiger partial charge in [-0.3, -0.25) is 9.69 Å². The van der Waals surface area contributed by atoms with Crippen molar-refractivity contribution in [3.05, 3.63) is 81.4 Å². The number of aryl methyl sites for hydroxylation is 2. The van der Waals surface area contributed by atoms with E-state index in [-0.39, 0.29) is 12.0 Å². The average Bonchev–Trinajstić information content (AvgIpc) is 3.42. The Bertz CT molecular complexity index is 1240. The Hall–Kier alpha value is -3.23. The predicted molar refractivity (Wildman–Crippen MR) is 131 cm³/mol. The maximum absolute atomic E-state index is 12.6. The summed E-state index contributed by atoms with van der Waals surface area (Å²) in [4.78, 5) is 20.7. The molecule has 0 radical (unpaired) electrons. The molecule has 8 heteroatoms. The van der Waals surface area contributed by atoms with E-state index in [0.717, 1.165) is 30.2 Å². The highest BCUT2D eigenvalue weighted by atomic mass is 32.1. The molecule has 4 aromatic rings. The predicted octanol–water partition coefficient (Wildman–Crippen LogP) is 4.24. The van der Waals surface area contributed by atoms with Gasteiger partial charge in [0.2, 0.25) is 0 Å². The summed E-state index contributed by atoms with van der Waals surface area (Å²) in [5, 5.41) is 9.39. The Morgan fingerprint density at radius 1 is 1.18 bits per heavy atom. The molecule has 0 aliphatic heterocycles. The van der Waals surface area contributed by atoms with Crippen molar-refractivity contribution in [2.75, 3.05) is 13.6 Å². The summed E-state index contributed by atoms with van der Waals surface area (Å²) in [5.41, 5.74) is 4.04. The fourth-order valence-corrected chi connectivity index (χ4v) is 4.54. The first-order valence-corrected chi connectivity index (χ1v) is 11.8. The van der Waals surface area contributed by atoms with Crippen LogP contribution >= 0.6 is 11.3 Å². The van der Waals surface area contributed by atoms with Crippen LogP contribution in [0, 0.1) is 13.8 Å². The lowest BCUT2D eigenvalue weighted by molar-refractivity contribution is 0.0927. The Morgan fingerprint density at radius 2 is 2.03 bits per heavy atom. The van der Waals surface area contributed by atoms with Gasteiger partial charge in [0, 0.05) is 35.4 Å². The number of thiophene rings is 1. The second-order valence-electron chi connectivity index (χ2n) is 8.38. The summed E-state index contributed by atoms with van der Waals surface area (Å²) < 4.78 is 7.74. The Morgan fingerprint density at radius 3 is 2.82 bits per heavy atom. The van der Waals surface area contributed by atoms with Crippen molar-refractivity contribution in [1.29, 1.82) is 0 Å². The lowest BCUT2D eigenvalue weighted by Crippen LogP contribution is -2.33. The Kier molecular flexibility index (Phi) is 7.05. The van der Waals surface area contributed by atoms with Crippen molar-refractivity contribution in [2.45, 2.75) is 40.0 Å². The zero-order valence-electron chi connectivity index (χ0n) is 19.4. The van der Waals surface area contributed by atoms with Gasteiger partial charge in [0.05, 0.1) is 6.54 Å². The van der Waals surface area contributed by atoms with E-state index in [1.807, 2.05) is 39.0 Å². The number of fused-ring (bicyclic) bond motifs is 1. The van der Waals surface area contributed by atoms with Gasteiger partial charge >= 0.3 is 0 Å². The van der Waals surface area contributed by atoms with Gasteiger partial charge in [-0.15, -0.1) is 11.3 Å². The van der Waals surface area contributed by atoms with Crippen LogP contribution in [-0.4, -0.2) is 45.1 Å². The summed E-state index contributed by atoms with van der Waals surface area (Å²) in [6.45, 7) is 7.94. The minimum atomic E-state index is -0.239. The molecule has 4 rings (SSSR count). The summed E-state index contributed by atoms with van der Waals surface area (Å²) >= 11 is 1.77. The molecular weight excluding hydrogens is 434 g/mol. The normalized spacial score (nSPS) is 12.3. The van der Waals surface area contributed by atoms with E-state index in [4.69, 9.17) is 4.74 Å². The van der Waals surface area contributed by atoms with E-state index in [0.29, 0.717) is 17.9 Å². The first kappa shape index (κ1) is 22.9. The molecule has 172 valence electrons. The Labute approximate surface area is 198 Å². The molecule has 0 saturated carbocycles. The molecule has 3 aromatic heterocycles. The molecule has 0 aliphatic rings. The van der Waals surface area contributed by atoms with Crippen molar-refractivity contribution in [3.63, 3.8) is 0 Å². The van der Waals surface area contributed by atoms with Crippen LogP contribution in [0.4, 0.5) is 0 Å². The number of carbonyl (C=O) groups excluding carboxylic acids is 1. The quantitative estimate of drug-likeness (QED) is 0.402. The fraction of sp³-hybridized carbons (Fsp3) is 0.320. The summed E-state index contributed by atoms with van der Waals surface area (Å²) in [5.74, 6) is 0.554. The highest BCUT2D eigenvalue weighted by Gasteiger charge is 2.15. The van der Waals surface area contributed by atoms with Crippen molar-refractivity contribution in [1.82, 2.24) is 24.8 Å². The van der Waals surface area contributed by atoms with Gasteiger partial charge < -0.3 is 10.1 Å². The van der Waals surface area contributed by atoms with Crippen LogP contribution in [0.5, 0.6) is 5.75 Å². The minimum Gasteiger partial charge on any atom is -0.489 e. The topological polar surface area (TPSA) is 71.8 Å². The number of hydrogen-bond donors (Lipinski definition) is 1. The molecule has 1 atom stereocenters. The first-order chi connectivity index (χ1) is 15.9. The molecule has 0 saturated heterocycles. The van der Waals surface area contributed by atoms with Crippen molar-refractivity contribution in [3.8, 4) is 5.75 Å². The van der Waals surface area contributed by atoms with Gasteiger partial charge in [-0.1, -0.05) is 18.2 Å². The van der Waals surface area contributed by atoms with Crippen LogP contribution < -0.4 is 10.1 Å². The second-order valence-corrected chi connectivity index (χ2v) is 9.41. The van der Waals surface area contributed by atoms with Crippen molar-refractivity contribution < 1.29 is 9.53 Å². The lowest BCUT2D eigenvalue weighted by Gasteiger charge is -2.18. The van der Waals surface area contributed by atoms with Gasteiger partial charge in [-0.05, 0) is 63.0 Å². The number of rotatable bonds is 9. The van der Waals surface area contributed by atoms with Crippen LogP contribution in [-0.2, 0) is 13.1 Å². The molecule has 0 spiro atoms. The number of aromatic nitrogens is 3. The third kappa shape index (κ3) is 5.97. The van der Waals surface area contributed by atoms with Crippen LogP contribution in [0.1, 0.15) is 39.2 Å². The lowest BCUT2D eigenvalue weighted by atomic mass is 10.2. The summed E-state index contributed by atoms with van der Waals surface area (Å²) in [6, 6.07) is 16.0. The molecule has 1 amide bonds. The maximum atomic E-state index is 12.6. The number of nitrogens with one attached hydrogen (secondary N) is 1. The van der Waals surface area contributed by atoms with Crippen LogP contribution in [0.3, 0.4) is 0 Å². The van der Waals surface area contributed by atoms with E-state index >= 15 is 0 Å². The molecule has 33 heavy (non-hydrogen) atoms. The zero-order chi connectivity index (χ0) is 23.4. The summed E-state index contributed by atoms with van der Waals surface area (Å²) in [6.07, 6.45) is -0.188. The monoisotopic (exact) mass is 463 g/mol. The second kappa shape index (κ2) is 10.1. The SMILES string of the molecule is Cc1cc(C)n2nc(C(=O)NCC(C)Oc3cccc(CN(C)Cc4cccs4)c3)cc2n1. The van der Waals surface area contributed by atoms with Crippen molar-refractivity contribution in [2.24, 2.45) is 0 Å². The fourth-order valence-electron chi connectivity index (χ4n) is 3.75. The summed E-state index contributed by atoms with van der Waals surface area (Å²) in [7, 11) is 2.11. The molecule has 0 fully saturated rings. The number of nitrogens with zero attached hydrogens (tertiary/aromatic N) is 4. The van der Waals surface area contributed by atoms with Gasteiger partial charge in [0.25, 0.3) is 5.91 Å². The molecule has 0 aliphatic carbocycles. The van der Waals surface area contributed by atoms with E-state index in [1.165, 1.54) is 10.4 Å². The molecule has 0 bridgehead atoms. The number of benzene rings is 1. The highest BCUT2D eigenvalue weighted by Crippen LogP contribution is 2.18. The molecule has 3 heterocycles. The largest absolute Gasteiger partial charge is 0.489 e. The first-order valence-electron chi connectivity index (χ1n) is 11.0. The van der Waals surface area contributed by atoms with Crippen LogP contribution in [0.15, 0.2) is 53.9 Å². The molecule has 7 nitrogen and oxygen atoms in total. The van der Waals surface area contributed by atoms with Gasteiger partial charge in [-0.25, -0.2) is 9.50 Å². The van der Waals surface area contributed by atoms with E-state index in [1.54, 1.807) is 21.9 Å². The number of hydrogen-bond acceptors (Lipinski definition) is 6. The number of amides is 1. The van der Waals surface area contributed by atoms with Gasteiger partial charge in [0.15, 0.2) is 11.3 Å². The standard InChI is InChI=1S/C25H29N5O2S/c1-17-11-18(2)30-24(27-17)13-23(28-30)25(31)26-14-19(3)32-21-8-5-7-20(12-21)15-29(4)16-22-9-6-10-33-22/h5-13,19H,14-16H2,1-4H3,(H,26,31). The van der Waals surface area contributed by atoms with Crippen LogP contribution in [0.2, 0.25) is 0 Å². The molecule has 1 unspecified atom stereocenters. The zero-order valence-corrected chi connectivity index (χ0v) is 20.2. The number of carbonyl (C=O) groups is 1. The third-order valence-electron chi connectivity index (χ3n) is 5.21. The third-order valence-corrected chi connectivity index (χ3v) is 6.07. The maximum Gasteiger partial charge on any atom is 0.272 e. The van der Waals surface area contributed by atoms with E-state index in [2.05, 4.69) is 57.0 Å². The van der Waals surface area contributed by atoms with E-state index < -0.39 is 0 Å². The Balaban J connectivity index is 1.30. The van der Waals surface area contributed by atoms with E-state index in [9.17, 15) is 4.79 Å². The van der Waals surface area contributed by atoms with Gasteiger partial charge in [-0.2, -0.15) is 5.10 Å².